The third-order valence-electron chi connectivity index (χ3n) is 5.56. The SMILES string of the molecule is CCC(NC(=O)CN(c1ccccc1F)S(=O)(=O)c1ccc(C)cc1)c1ccc(C)cc1C. The van der Waals surface area contributed by atoms with Crippen LogP contribution in [0.5, 0.6) is 0 Å². The Hall–Kier alpha value is -3.19. The highest BCUT2D eigenvalue weighted by molar-refractivity contribution is 7.92. The van der Waals surface area contributed by atoms with Crippen molar-refractivity contribution in [2.75, 3.05) is 10.8 Å². The minimum absolute atomic E-state index is 0.00873. The summed E-state index contributed by atoms with van der Waals surface area (Å²) in [4.78, 5) is 13.0. The number of anilines is 1. The van der Waals surface area contributed by atoms with Gasteiger partial charge >= 0.3 is 0 Å². The van der Waals surface area contributed by atoms with Gasteiger partial charge < -0.3 is 5.32 Å². The van der Waals surface area contributed by atoms with E-state index in [-0.39, 0.29) is 16.6 Å². The van der Waals surface area contributed by atoms with Crippen LogP contribution in [0.25, 0.3) is 0 Å². The fraction of sp³-hybridized carbons (Fsp3) is 0.269. The number of rotatable bonds is 8. The summed E-state index contributed by atoms with van der Waals surface area (Å²) < 4.78 is 42.3. The van der Waals surface area contributed by atoms with Crippen LogP contribution in [-0.4, -0.2) is 20.9 Å². The summed E-state index contributed by atoms with van der Waals surface area (Å²) in [5.41, 5.74) is 3.85. The van der Waals surface area contributed by atoms with Gasteiger partial charge in [-0.25, -0.2) is 12.8 Å². The van der Waals surface area contributed by atoms with Gasteiger partial charge in [0.25, 0.3) is 10.0 Å². The molecule has 1 unspecified atom stereocenters. The molecule has 3 rings (SSSR count). The van der Waals surface area contributed by atoms with E-state index < -0.39 is 28.3 Å². The van der Waals surface area contributed by atoms with Gasteiger partial charge in [0.2, 0.25) is 5.91 Å². The number of carbonyl (C=O) groups is 1. The van der Waals surface area contributed by atoms with Crippen molar-refractivity contribution in [1.29, 1.82) is 0 Å². The maximum absolute atomic E-state index is 14.6. The second kappa shape index (κ2) is 10.2. The Bertz CT molecular complexity index is 1240. The zero-order valence-corrected chi connectivity index (χ0v) is 20.1. The number of nitrogens with zero attached hydrogens (tertiary/aromatic N) is 1. The van der Waals surface area contributed by atoms with Gasteiger partial charge in [-0.3, -0.25) is 9.10 Å². The summed E-state index contributed by atoms with van der Waals surface area (Å²) in [6, 6.07) is 17.5. The lowest BCUT2D eigenvalue weighted by molar-refractivity contribution is -0.120. The highest BCUT2D eigenvalue weighted by Gasteiger charge is 2.29. The quantitative estimate of drug-likeness (QED) is 0.493. The molecule has 0 radical (unpaired) electrons. The predicted molar refractivity (Wildman–Crippen MR) is 129 cm³/mol. The first-order valence-electron chi connectivity index (χ1n) is 10.8. The van der Waals surface area contributed by atoms with Gasteiger partial charge in [-0.2, -0.15) is 0 Å². The molecule has 5 nitrogen and oxygen atoms in total. The topological polar surface area (TPSA) is 66.5 Å². The Balaban J connectivity index is 1.94. The lowest BCUT2D eigenvalue weighted by atomic mass is 9.97. The molecule has 1 N–H and O–H groups in total. The molecule has 0 saturated carbocycles. The highest BCUT2D eigenvalue weighted by atomic mass is 32.2. The van der Waals surface area contributed by atoms with E-state index in [0.29, 0.717) is 6.42 Å². The minimum Gasteiger partial charge on any atom is -0.348 e. The first kappa shape index (κ1) is 24.5. The Morgan fingerprint density at radius 2 is 1.61 bits per heavy atom. The third kappa shape index (κ3) is 5.60. The fourth-order valence-corrected chi connectivity index (χ4v) is 5.21. The average molecular weight is 469 g/mol. The van der Waals surface area contributed by atoms with E-state index in [9.17, 15) is 17.6 Å². The molecular weight excluding hydrogens is 439 g/mol. The number of aryl methyl sites for hydroxylation is 3. The molecule has 1 atom stereocenters. The van der Waals surface area contributed by atoms with Crippen LogP contribution in [0.2, 0.25) is 0 Å². The molecule has 0 fully saturated rings. The fourth-order valence-electron chi connectivity index (χ4n) is 3.78. The zero-order valence-electron chi connectivity index (χ0n) is 19.3. The van der Waals surface area contributed by atoms with Crippen LogP contribution in [0.1, 0.15) is 41.6 Å². The normalized spacial score (nSPS) is 12.3. The van der Waals surface area contributed by atoms with E-state index in [1.807, 2.05) is 45.9 Å². The van der Waals surface area contributed by atoms with Crippen molar-refractivity contribution in [2.45, 2.75) is 45.1 Å². The molecule has 0 spiro atoms. The first-order valence-corrected chi connectivity index (χ1v) is 12.3. The molecule has 0 saturated heterocycles. The monoisotopic (exact) mass is 468 g/mol. The van der Waals surface area contributed by atoms with E-state index >= 15 is 0 Å². The maximum atomic E-state index is 14.6. The van der Waals surface area contributed by atoms with Crippen molar-refractivity contribution in [2.24, 2.45) is 0 Å². The Morgan fingerprint density at radius 3 is 2.21 bits per heavy atom. The van der Waals surface area contributed by atoms with Crippen LogP contribution < -0.4 is 9.62 Å². The summed E-state index contributed by atoms with van der Waals surface area (Å²) in [7, 11) is -4.18. The Labute approximate surface area is 195 Å². The molecule has 33 heavy (non-hydrogen) atoms. The Morgan fingerprint density at radius 1 is 0.970 bits per heavy atom. The van der Waals surface area contributed by atoms with Crippen LogP contribution in [-0.2, 0) is 14.8 Å². The van der Waals surface area contributed by atoms with Gasteiger partial charge in [0.1, 0.15) is 12.4 Å². The molecule has 0 aliphatic rings. The van der Waals surface area contributed by atoms with E-state index in [1.54, 1.807) is 18.2 Å². The molecular formula is C26H29FN2O3S. The van der Waals surface area contributed by atoms with Crippen LogP contribution >= 0.6 is 0 Å². The second-order valence-electron chi connectivity index (χ2n) is 8.16. The minimum atomic E-state index is -4.18. The largest absolute Gasteiger partial charge is 0.348 e. The number of halogens is 1. The first-order chi connectivity index (χ1) is 15.6. The van der Waals surface area contributed by atoms with Gasteiger partial charge in [-0.15, -0.1) is 0 Å². The number of hydrogen-bond donors (Lipinski definition) is 1. The molecule has 0 aliphatic heterocycles. The van der Waals surface area contributed by atoms with Gasteiger partial charge in [-0.1, -0.05) is 60.5 Å². The average Bonchev–Trinajstić information content (AvgIpc) is 2.77. The van der Waals surface area contributed by atoms with Gasteiger partial charge in [0.15, 0.2) is 0 Å². The summed E-state index contributed by atoms with van der Waals surface area (Å²) in [6.45, 7) is 7.22. The van der Waals surface area contributed by atoms with Gasteiger partial charge in [0.05, 0.1) is 16.6 Å². The molecule has 7 heteroatoms. The van der Waals surface area contributed by atoms with E-state index in [0.717, 1.165) is 26.6 Å². The molecule has 3 aromatic carbocycles. The molecule has 0 aliphatic carbocycles. The number of sulfonamides is 1. The predicted octanol–water partition coefficient (Wildman–Crippen LogP) is 5.21. The molecule has 0 bridgehead atoms. The molecule has 0 aromatic heterocycles. The van der Waals surface area contributed by atoms with E-state index in [2.05, 4.69) is 5.32 Å². The van der Waals surface area contributed by atoms with Gasteiger partial charge in [-0.05, 0) is 62.6 Å². The lowest BCUT2D eigenvalue weighted by Crippen LogP contribution is -2.42. The van der Waals surface area contributed by atoms with Crippen LogP contribution in [0.4, 0.5) is 10.1 Å². The van der Waals surface area contributed by atoms with Crippen molar-refractivity contribution < 1.29 is 17.6 Å². The van der Waals surface area contributed by atoms with E-state index in [4.69, 9.17) is 0 Å². The molecule has 3 aromatic rings. The zero-order chi connectivity index (χ0) is 24.2. The standard InChI is InChI=1S/C26H29FN2O3S/c1-5-24(22-15-12-19(3)16-20(22)4)28-26(30)17-29(25-9-7-6-8-23(25)27)33(31,32)21-13-10-18(2)11-14-21/h6-16,24H,5,17H2,1-4H3,(H,28,30). The number of nitrogens with one attached hydrogen (secondary N) is 1. The Kier molecular flexibility index (Phi) is 7.53. The van der Waals surface area contributed by atoms with Gasteiger partial charge in [0, 0.05) is 0 Å². The summed E-state index contributed by atoms with van der Waals surface area (Å²) in [6.07, 6.45) is 0.625. The summed E-state index contributed by atoms with van der Waals surface area (Å²) >= 11 is 0. The number of amides is 1. The third-order valence-corrected chi connectivity index (χ3v) is 7.34. The van der Waals surface area contributed by atoms with Crippen molar-refractivity contribution in [1.82, 2.24) is 5.32 Å². The highest BCUT2D eigenvalue weighted by Crippen LogP contribution is 2.27. The number of carbonyl (C=O) groups excluding carboxylic acids is 1. The molecule has 174 valence electrons. The molecule has 1 amide bonds. The number of hydrogen-bond acceptors (Lipinski definition) is 3. The van der Waals surface area contributed by atoms with Crippen molar-refractivity contribution in [3.63, 3.8) is 0 Å². The summed E-state index contributed by atoms with van der Waals surface area (Å²) in [5, 5.41) is 2.93. The number of para-hydroxylation sites is 1. The van der Waals surface area contributed by atoms with E-state index in [1.165, 1.54) is 30.3 Å². The summed E-state index contributed by atoms with van der Waals surface area (Å²) in [5.74, 6) is -1.23. The molecule has 0 heterocycles. The number of benzene rings is 3. The maximum Gasteiger partial charge on any atom is 0.264 e. The van der Waals surface area contributed by atoms with Crippen molar-refractivity contribution in [3.05, 3.63) is 94.8 Å². The van der Waals surface area contributed by atoms with Crippen LogP contribution in [0.3, 0.4) is 0 Å². The lowest BCUT2D eigenvalue weighted by Gasteiger charge is -2.26. The second-order valence-corrected chi connectivity index (χ2v) is 10.0. The van der Waals surface area contributed by atoms with Crippen molar-refractivity contribution in [3.8, 4) is 0 Å². The van der Waals surface area contributed by atoms with Crippen molar-refractivity contribution >= 4 is 21.6 Å². The smallest absolute Gasteiger partial charge is 0.264 e. The van der Waals surface area contributed by atoms with Crippen LogP contribution in [0, 0.1) is 26.6 Å². The van der Waals surface area contributed by atoms with Crippen LogP contribution in [0.15, 0.2) is 71.6 Å².